The molecular formula is C20H37Cl2FN2. The fourth-order valence-electron chi connectivity index (χ4n) is 2.83. The molecule has 0 fully saturated rings. The molecule has 1 aromatic carbocycles. The van der Waals surface area contributed by atoms with Crippen LogP contribution < -0.4 is 11.1 Å². The van der Waals surface area contributed by atoms with Gasteiger partial charge in [-0.25, -0.2) is 4.39 Å². The van der Waals surface area contributed by atoms with Crippen molar-refractivity contribution in [1.82, 2.24) is 5.32 Å². The molecular weight excluding hydrogens is 358 g/mol. The SMILES string of the molecule is CCCCCCCCCCNCCCC(N)c1ccc(F)cc1.Cl.Cl. The maximum Gasteiger partial charge on any atom is 0.123 e. The molecule has 0 aliphatic rings. The molecule has 1 rings (SSSR count). The summed E-state index contributed by atoms with van der Waals surface area (Å²) in [6.45, 7) is 4.39. The van der Waals surface area contributed by atoms with Gasteiger partial charge in [0.25, 0.3) is 0 Å². The molecule has 1 aromatic rings. The van der Waals surface area contributed by atoms with Gasteiger partial charge in [-0.1, -0.05) is 64.0 Å². The van der Waals surface area contributed by atoms with Gasteiger partial charge in [0.1, 0.15) is 5.82 Å². The highest BCUT2D eigenvalue weighted by molar-refractivity contribution is 5.85. The zero-order valence-electron chi connectivity index (χ0n) is 15.6. The molecule has 2 nitrogen and oxygen atoms in total. The summed E-state index contributed by atoms with van der Waals surface area (Å²) >= 11 is 0. The van der Waals surface area contributed by atoms with Crippen LogP contribution in [0, 0.1) is 5.82 Å². The van der Waals surface area contributed by atoms with E-state index in [-0.39, 0.29) is 36.7 Å². The third kappa shape index (κ3) is 14.5. The topological polar surface area (TPSA) is 38.0 Å². The molecule has 1 unspecified atom stereocenters. The summed E-state index contributed by atoms with van der Waals surface area (Å²) in [5, 5.41) is 3.50. The first-order chi connectivity index (χ1) is 11.2. The van der Waals surface area contributed by atoms with E-state index >= 15 is 0 Å². The van der Waals surface area contributed by atoms with Crippen LogP contribution in [0.3, 0.4) is 0 Å². The summed E-state index contributed by atoms with van der Waals surface area (Å²) in [7, 11) is 0. The van der Waals surface area contributed by atoms with Crippen molar-refractivity contribution < 1.29 is 4.39 Å². The average Bonchev–Trinajstić information content (AvgIpc) is 2.56. The number of rotatable bonds is 14. The highest BCUT2D eigenvalue weighted by Gasteiger charge is 2.05. The van der Waals surface area contributed by atoms with Crippen molar-refractivity contribution >= 4 is 24.8 Å². The molecule has 0 aliphatic heterocycles. The fourth-order valence-corrected chi connectivity index (χ4v) is 2.83. The van der Waals surface area contributed by atoms with E-state index < -0.39 is 0 Å². The van der Waals surface area contributed by atoms with Gasteiger partial charge in [-0.2, -0.15) is 0 Å². The lowest BCUT2D eigenvalue weighted by Gasteiger charge is -2.12. The van der Waals surface area contributed by atoms with Gasteiger partial charge < -0.3 is 11.1 Å². The van der Waals surface area contributed by atoms with Gasteiger partial charge in [0.05, 0.1) is 0 Å². The maximum atomic E-state index is 12.9. The van der Waals surface area contributed by atoms with E-state index in [1.807, 2.05) is 0 Å². The minimum absolute atomic E-state index is 0. The van der Waals surface area contributed by atoms with Crippen molar-refractivity contribution in [2.24, 2.45) is 5.73 Å². The molecule has 0 amide bonds. The Labute approximate surface area is 166 Å². The van der Waals surface area contributed by atoms with E-state index in [9.17, 15) is 4.39 Å². The van der Waals surface area contributed by atoms with Gasteiger partial charge in [-0.15, -0.1) is 24.8 Å². The molecule has 0 bridgehead atoms. The van der Waals surface area contributed by atoms with E-state index in [2.05, 4.69) is 12.2 Å². The van der Waals surface area contributed by atoms with Crippen molar-refractivity contribution in [3.8, 4) is 0 Å². The van der Waals surface area contributed by atoms with Crippen molar-refractivity contribution in [2.45, 2.75) is 77.2 Å². The van der Waals surface area contributed by atoms with Crippen LogP contribution in [0.25, 0.3) is 0 Å². The molecule has 0 saturated heterocycles. The minimum atomic E-state index is -0.201. The van der Waals surface area contributed by atoms with Gasteiger partial charge in [0.15, 0.2) is 0 Å². The molecule has 25 heavy (non-hydrogen) atoms. The van der Waals surface area contributed by atoms with Crippen molar-refractivity contribution in [2.75, 3.05) is 13.1 Å². The van der Waals surface area contributed by atoms with E-state index in [1.54, 1.807) is 12.1 Å². The first-order valence-corrected chi connectivity index (χ1v) is 9.45. The summed E-state index contributed by atoms with van der Waals surface area (Å²) in [4.78, 5) is 0. The lowest BCUT2D eigenvalue weighted by molar-refractivity contribution is 0.532. The minimum Gasteiger partial charge on any atom is -0.324 e. The number of nitrogens with one attached hydrogen (secondary N) is 1. The number of unbranched alkanes of at least 4 members (excludes halogenated alkanes) is 7. The molecule has 0 heterocycles. The summed E-state index contributed by atoms with van der Waals surface area (Å²) in [5.41, 5.74) is 7.15. The van der Waals surface area contributed by atoms with Gasteiger partial charge in [-0.05, 0) is 50.0 Å². The monoisotopic (exact) mass is 394 g/mol. The average molecular weight is 395 g/mol. The Bertz CT molecular complexity index is 388. The number of halogens is 3. The normalized spacial score (nSPS) is 11.5. The predicted molar refractivity (Wildman–Crippen MR) is 113 cm³/mol. The number of nitrogens with two attached hydrogens (primary N) is 1. The highest BCUT2D eigenvalue weighted by atomic mass is 35.5. The molecule has 5 heteroatoms. The van der Waals surface area contributed by atoms with Crippen molar-refractivity contribution in [1.29, 1.82) is 0 Å². The van der Waals surface area contributed by atoms with Crippen molar-refractivity contribution in [3.63, 3.8) is 0 Å². The zero-order valence-corrected chi connectivity index (χ0v) is 17.3. The molecule has 0 radical (unpaired) electrons. The van der Waals surface area contributed by atoms with Crippen LogP contribution >= 0.6 is 24.8 Å². The van der Waals surface area contributed by atoms with Gasteiger partial charge >= 0.3 is 0 Å². The van der Waals surface area contributed by atoms with Crippen LogP contribution in [0.5, 0.6) is 0 Å². The Morgan fingerprint density at radius 3 is 1.96 bits per heavy atom. The van der Waals surface area contributed by atoms with E-state index in [0.29, 0.717) is 0 Å². The first kappa shape index (κ1) is 26.9. The molecule has 0 aromatic heterocycles. The lowest BCUT2D eigenvalue weighted by atomic mass is 10.0. The van der Waals surface area contributed by atoms with Crippen LogP contribution in [0.4, 0.5) is 4.39 Å². The first-order valence-electron chi connectivity index (χ1n) is 9.45. The van der Waals surface area contributed by atoms with Crippen LogP contribution in [-0.2, 0) is 0 Å². The van der Waals surface area contributed by atoms with Gasteiger partial charge in [0, 0.05) is 6.04 Å². The lowest BCUT2D eigenvalue weighted by Crippen LogP contribution is -2.19. The third-order valence-corrected chi connectivity index (χ3v) is 4.37. The smallest absolute Gasteiger partial charge is 0.123 e. The number of benzene rings is 1. The Balaban J connectivity index is 0. The van der Waals surface area contributed by atoms with Crippen molar-refractivity contribution in [3.05, 3.63) is 35.6 Å². The Kier molecular flexibility index (Phi) is 19.8. The summed E-state index contributed by atoms with van der Waals surface area (Å²) in [5.74, 6) is -0.201. The maximum absolute atomic E-state index is 12.9. The third-order valence-electron chi connectivity index (χ3n) is 4.37. The largest absolute Gasteiger partial charge is 0.324 e. The Hall–Kier alpha value is -0.350. The molecule has 3 N–H and O–H groups in total. The summed E-state index contributed by atoms with van der Waals surface area (Å²) < 4.78 is 12.9. The van der Waals surface area contributed by atoms with Crippen LogP contribution in [0.15, 0.2) is 24.3 Å². The number of hydrogen-bond acceptors (Lipinski definition) is 2. The summed E-state index contributed by atoms with van der Waals surface area (Å²) in [6, 6.07) is 6.55. The van der Waals surface area contributed by atoms with E-state index in [4.69, 9.17) is 5.73 Å². The van der Waals surface area contributed by atoms with Crippen LogP contribution in [0.1, 0.15) is 82.7 Å². The number of hydrogen-bond donors (Lipinski definition) is 2. The fraction of sp³-hybridized carbons (Fsp3) is 0.700. The quantitative estimate of drug-likeness (QED) is 0.369. The highest BCUT2D eigenvalue weighted by Crippen LogP contribution is 2.15. The zero-order chi connectivity index (χ0) is 16.8. The molecule has 0 spiro atoms. The van der Waals surface area contributed by atoms with Gasteiger partial charge in [-0.3, -0.25) is 0 Å². The van der Waals surface area contributed by atoms with Crippen LogP contribution in [0.2, 0.25) is 0 Å². The molecule has 0 aliphatic carbocycles. The van der Waals surface area contributed by atoms with Gasteiger partial charge in [0.2, 0.25) is 0 Å². The Morgan fingerprint density at radius 2 is 1.36 bits per heavy atom. The molecule has 148 valence electrons. The van der Waals surface area contributed by atoms with Crippen LogP contribution in [-0.4, -0.2) is 13.1 Å². The second-order valence-corrected chi connectivity index (χ2v) is 6.53. The second-order valence-electron chi connectivity index (χ2n) is 6.53. The standard InChI is InChI=1S/C20H35FN2.2ClH/c1-2-3-4-5-6-7-8-9-16-23-17-10-11-20(22)18-12-14-19(21)15-13-18;;/h12-15,20,23H,2-11,16-17,22H2,1H3;2*1H. The predicted octanol–water partition coefficient (Wildman–Crippen LogP) is 6.18. The Morgan fingerprint density at radius 1 is 0.840 bits per heavy atom. The second kappa shape index (κ2) is 18.4. The molecule has 0 saturated carbocycles. The summed E-state index contributed by atoms with van der Waals surface area (Å²) in [6.07, 6.45) is 12.9. The van der Waals surface area contributed by atoms with E-state index in [0.717, 1.165) is 31.5 Å². The molecule has 1 atom stereocenters. The van der Waals surface area contributed by atoms with E-state index in [1.165, 1.54) is 63.5 Å².